The molecular formula is C15H11N3O3. The SMILES string of the molecule is O=C(Cn1nnc2ccccc21)c1ccc2c(c1)OCO2. The van der Waals surface area contributed by atoms with Gasteiger partial charge in [0.2, 0.25) is 6.79 Å². The number of fused-ring (bicyclic) bond motifs is 2. The summed E-state index contributed by atoms with van der Waals surface area (Å²) in [6, 6.07) is 12.7. The van der Waals surface area contributed by atoms with Crippen LogP contribution in [0.4, 0.5) is 0 Å². The molecule has 0 bridgehead atoms. The third-order valence-corrected chi connectivity index (χ3v) is 3.41. The molecule has 3 aromatic rings. The number of aromatic nitrogens is 3. The predicted octanol–water partition coefficient (Wildman–Crippen LogP) is 2.04. The molecule has 21 heavy (non-hydrogen) atoms. The zero-order valence-corrected chi connectivity index (χ0v) is 11.0. The number of hydrogen-bond acceptors (Lipinski definition) is 5. The highest BCUT2D eigenvalue weighted by Crippen LogP contribution is 2.32. The van der Waals surface area contributed by atoms with Gasteiger partial charge in [0.05, 0.1) is 5.52 Å². The van der Waals surface area contributed by atoms with Gasteiger partial charge in [0.25, 0.3) is 0 Å². The van der Waals surface area contributed by atoms with Gasteiger partial charge in [-0.05, 0) is 30.3 Å². The van der Waals surface area contributed by atoms with Gasteiger partial charge in [-0.15, -0.1) is 5.10 Å². The van der Waals surface area contributed by atoms with E-state index in [1.54, 1.807) is 22.9 Å². The smallest absolute Gasteiger partial charge is 0.231 e. The van der Waals surface area contributed by atoms with E-state index >= 15 is 0 Å². The number of carbonyl (C=O) groups excluding carboxylic acids is 1. The van der Waals surface area contributed by atoms with Crippen LogP contribution in [0.25, 0.3) is 11.0 Å². The molecule has 1 aliphatic rings. The zero-order valence-electron chi connectivity index (χ0n) is 11.0. The Balaban J connectivity index is 1.63. The summed E-state index contributed by atoms with van der Waals surface area (Å²) in [5.41, 5.74) is 2.18. The molecule has 0 unspecified atom stereocenters. The fourth-order valence-electron chi connectivity index (χ4n) is 2.33. The second-order valence-corrected chi connectivity index (χ2v) is 4.73. The Hall–Kier alpha value is -2.89. The van der Waals surface area contributed by atoms with Crippen molar-refractivity contribution in [1.29, 1.82) is 0 Å². The minimum atomic E-state index is -0.0519. The number of para-hydroxylation sites is 1. The maximum Gasteiger partial charge on any atom is 0.231 e. The van der Waals surface area contributed by atoms with Gasteiger partial charge >= 0.3 is 0 Å². The van der Waals surface area contributed by atoms with Gasteiger partial charge in [-0.2, -0.15) is 0 Å². The number of Topliss-reactive ketones (excluding diaryl/α,β-unsaturated/α-hetero) is 1. The number of ether oxygens (including phenoxy) is 2. The lowest BCUT2D eigenvalue weighted by Crippen LogP contribution is -2.11. The molecule has 0 aliphatic carbocycles. The molecule has 0 saturated carbocycles. The molecule has 104 valence electrons. The molecule has 0 amide bonds. The molecule has 0 atom stereocenters. The van der Waals surface area contributed by atoms with E-state index in [2.05, 4.69) is 10.3 Å². The standard InChI is InChI=1S/C15H11N3O3/c19-13(10-5-6-14-15(7-10)21-9-20-14)8-18-12-4-2-1-3-11(12)16-17-18/h1-7H,8-9H2. The predicted molar refractivity (Wildman–Crippen MR) is 74.4 cm³/mol. The molecule has 1 aromatic heterocycles. The largest absolute Gasteiger partial charge is 0.454 e. The van der Waals surface area contributed by atoms with Crippen LogP contribution < -0.4 is 9.47 Å². The van der Waals surface area contributed by atoms with E-state index < -0.39 is 0 Å². The second-order valence-electron chi connectivity index (χ2n) is 4.73. The lowest BCUT2D eigenvalue weighted by Gasteiger charge is -2.03. The van der Waals surface area contributed by atoms with Gasteiger partial charge in [-0.25, -0.2) is 4.68 Å². The monoisotopic (exact) mass is 281 g/mol. The van der Waals surface area contributed by atoms with Crippen molar-refractivity contribution in [2.45, 2.75) is 6.54 Å². The van der Waals surface area contributed by atoms with Crippen LogP contribution in [0, 0.1) is 0 Å². The number of benzene rings is 2. The van der Waals surface area contributed by atoms with Crippen molar-refractivity contribution < 1.29 is 14.3 Å². The summed E-state index contributed by atoms with van der Waals surface area (Å²) in [6.07, 6.45) is 0. The lowest BCUT2D eigenvalue weighted by atomic mass is 10.1. The van der Waals surface area contributed by atoms with Gasteiger partial charge in [0, 0.05) is 5.56 Å². The highest BCUT2D eigenvalue weighted by Gasteiger charge is 2.17. The van der Waals surface area contributed by atoms with Crippen molar-refractivity contribution in [2.24, 2.45) is 0 Å². The third-order valence-electron chi connectivity index (χ3n) is 3.41. The first-order valence-corrected chi connectivity index (χ1v) is 6.52. The van der Waals surface area contributed by atoms with Crippen LogP contribution in [-0.2, 0) is 6.54 Å². The summed E-state index contributed by atoms with van der Waals surface area (Å²) in [5.74, 6) is 1.21. The summed E-state index contributed by atoms with van der Waals surface area (Å²) in [7, 11) is 0. The van der Waals surface area contributed by atoms with Crippen LogP contribution in [0.1, 0.15) is 10.4 Å². The fourth-order valence-corrected chi connectivity index (χ4v) is 2.33. The Morgan fingerprint density at radius 1 is 1.14 bits per heavy atom. The molecule has 0 spiro atoms. The van der Waals surface area contributed by atoms with Crippen LogP contribution in [0.5, 0.6) is 11.5 Å². The van der Waals surface area contributed by atoms with Crippen molar-refractivity contribution in [3.05, 3.63) is 48.0 Å². The van der Waals surface area contributed by atoms with E-state index in [0.29, 0.717) is 17.1 Å². The summed E-state index contributed by atoms with van der Waals surface area (Å²) in [5, 5.41) is 8.06. The van der Waals surface area contributed by atoms with E-state index in [1.165, 1.54) is 0 Å². The molecule has 6 nitrogen and oxygen atoms in total. The van der Waals surface area contributed by atoms with Gasteiger partial charge in [0.1, 0.15) is 12.1 Å². The average Bonchev–Trinajstić information content (AvgIpc) is 3.13. The molecule has 0 fully saturated rings. The molecule has 4 rings (SSSR count). The van der Waals surface area contributed by atoms with Crippen LogP contribution in [-0.4, -0.2) is 27.6 Å². The van der Waals surface area contributed by atoms with Gasteiger partial charge in [-0.1, -0.05) is 17.3 Å². The van der Waals surface area contributed by atoms with Crippen molar-refractivity contribution in [3.63, 3.8) is 0 Å². The number of ketones is 1. The highest BCUT2D eigenvalue weighted by atomic mass is 16.7. The first-order valence-electron chi connectivity index (χ1n) is 6.52. The number of rotatable bonds is 3. The van der Waals surface area contributed by atoms with Crippen LogP contribution in [0.3, 0.4) is 0 Å². The summed E-state index contributed by atoms with van der Waals surface area (Å²) >= 11 is 0. The van der Waals surface area contributed by atoms with Gasteiger partial charge < -0.3 is 9.47 Å². The Kier molecular flexibility index (Phi) is 2.60. The maximum atomic E-state index is 12.4. The molecule has 0 saturated heterocycles. The quantitative estimate of drug-likeness (QED) is 0.687. The first kappa shape index (κ1) is 11.9. The Morgan fingerprint density at radius 3 is 2.95 bits per heavy atom. The average molecular weight is 281 g/mol. The van der Waals surface area contributed by atoms with Crippen molar-refractivity contribution >= 4 is 16.8 Å². The van der Waals surface area contributed by atoms with E-state index in [1.807, 2.05) is 24.3 Å². The molecule has 6 heteroatoms. The normalized spacial score (nSPS) is 12.8. The Labute approximate surface area is 119 Å². The molecule has 1 aliphatic heterocycles. The molecular weight excluding hydrogens is 270 g/mol. The Bertz CT molecular complexity index is 841. The minimum absolute atomic E-state index is 0.0519. The molecule has 0 radical (unpaired) electrons. The van der Waals surface area contributed by atoms with Crippen molar-refractivity contribution in [3.8, 4) is 11.5 Å². The fraction of sp³-hybridized carbons (Fsp3) is 0.133. The maximum absolute atomic E-state index is 12.4. The third kappa shape index (κ3) is 2.01. The Morgan fingerprint density at radius 2 is 2.00 bits per heavy atom. The molecule has 0 N–H and O–H groups in total. The second kappa shape index (κ2) is 4.59. The van der Waals surface area contributed by atoms with E-state index in [0.717, 1.165) is 11.0 Å². The summed E-state index contributed by atoms with van der Waals surface area (Å²) in [4.78, 5) is 12.4. The van der Waals surface area contributed by atoms with Crippen LogP contribution >= 0.6 is 0 Å². The number of hydrogen-bond donors (Lipinski definition) is 0. The first-order chi connectivity index (χ1) is 10.3. The number of carbonyl (C=O) groups is 1. The van der Waals surface area contributed by atoms with Crippen molar-refractivity contribution in [2.75, 3.05) is 6.79 Å². The topological polar surface area (TPSA) is 66.2 Å². The zero-order chi connectivity index (χ0) is 14.2. The van der Waals surface area contributed by atoms with Crippen molar-refractivity contribution in [1.82, 2.24) is 15.0 Å². The number of nitrogens with zero attached hydrogens (tertiary/aromatic N) is 3. The van der Waals surface area contributed by atoms with Gasteiger partial charge in [0.15, 0.2) is 17.3 Å². The van der Waals surface area contributed by atoms with Gasteiger partial charge in [-0.3, -0.25) is 4.79 Å². The summed E-state index contributed by atoms with van der Waals surface area (Å²) < 4.78 is 12.1. The lowest BCUT2D eigenvalue weighted by molar-refractivity contribution is 0.0968. The van der Waals surface area contributed by atoms with E-state index in [4.69, 9.17) is 9.47 Å². The molecule has 2 aromatic carbocycles. The molecule has 2 heterocycles. The summed E-state index contributed by atoms with van der Waals surface area (Å²) in [6.45, 7) is 0.334. The van der Waals surface area contributed by atoms with E-state index in [9.17, 15) is 4.79 Å². The van der Waals surface area contributed by atoms with Crippen LogP contribution in [0.15, 0.2) is 42.5 Å². The minimum Gasteiger partial charge on any atom is -0.454 e. The van der Waals surface area contributed by atoms with Crippen LogP contribution in [0.2, 0.25) is 0 Å². The highest BCUT2D eigenvalue weighted by molar-refractivity contribution is 5.97. The van der Waals surface area contributed by atoms with E-state index in [-0.39, 0.29) is 19.1 Å².